The average molecular weight is 459 g/mol. The topological polar surface area (TPSA) is 48.5 Å². The maximum absolute atomic E-state index is 12.9. The molecule has 2 aromatic carbocycles. The van der Waals surface area contributed by atoms with Crippen molar-refractivity contribution < 1.29 is 9.18 Å². The lowest BCUT2D eigenvalue weighted by atomic mass is 10.1. The fraction of sp³-hybridized carbons (Fsp3) is 0.391. The molecule has 0 atom stereocenters. The van der Waals surface area contributed by atoms with Gasteiger partial charge in [-0.15, -0.1) is 11.8 Å². The molecule has 1 aromatic heterocycles. The van der Waals surface area contributed by atoms with Gasteiger partial charge in [0.2, 0.25) is 5.91 Å². The zero-order chi connectivity index (χ0) is 21.8. The molecule has 0 unspecified atom stereocenters. The SMILES string of the molecule is Cc1ccc2sc(N3CCN(CCNC(=O)CSc4ccc(F)cc4)CC3)nc2c1C. The molecule has 0 bridgehead atoms. The van der Waals surface area contributed by atoms with Gasteiger partial charge < -0.3 is 10.2 Å². The van der Waals surface area contributed by atoms with Crippen molar-refractivity contribution in [3.8, 4) is 0 Å². The summed E-state index contributed by atoms with van der Waals surface area (Å²) in [7, 11) is 0. The van der Waals surface area contributed by atoms with Crippen LogP contribution in [0.25, 0.3) is 10.2 Å². The Balaban J connectivity index is 1.19. The largest absolute Gasteiger partial charge is 0.354 e. The number of nitrogens with zero attached hydrogens (tertiary/aromatic N) is 3. The number of rotatable bonds is 7. The van der Waals surface area contributed by atoms with Crippen LogP contribution in [0.4, 0.5) is 9.52 Å². The Morgan fingerprint density at radius 3 is 2.61 bits per heavy atom. The van der Waals surface area contributed by atoms with Crippen LogP contribution in [0.3, 0.4) is 0 Å². The van der Waals surface area contributed by atoms with Gasteiger partial charge in [-0.1, -0.05) is 17.4 Å². The molecule has 1 saturated heterocycles. The van der Waals surface area contributed by atoms with Gasteiger partial charge in [0.15, 0.2) is 5.13 Å². The normalized spacial score (nSPS) is 14.9. The molecule has 0 spiro atoms. The van der Waals surface area contributed by atoms with Crippen LogP contribution in [0, 0.1) is 19.7 Å². The van der Waals surface area contributed by atoms with Crippen LogP contribution in [0.15, 0.2) is 41.3 Å². The van der Waals surface area contributed by atoms with E-state index in [4.69, 9.17) is 4.98 Å². The number of amides is 1. The van der Waals surface area contributed by atoms with Crippen LogP contribution in [0.1, 0.15) is 11.1 Å². The van der Waals surface area contributed by atoms with E-state index in [2.05, 4.69) is 41.1 Å². The third-order valence-corrected chi connectivity index (χ3v) is 7.74. The minimum atomic E-state index is -0.262. The molecular weight excluding hydrogens is 431 g/mol. The van der Waals surface area contributed by atoms with Crippen molar-refractivity contribution in [3.05, 3.63) is 53.3 Å². The smallest absolute Gasteiger partial charge is 0.230 e. The van der Waals surface area contributed by atoms with Gasteiger partial charge in [0.1, 0.15) is 5.82 Å². The Hall–Kier alpha value is -2.16. The van der Waals surface area contributed by atoms with Gasteiger partial charge >= 0.3 is 0 Å². The molecule has 4 rings (SSSR count). The zero-order valence-electron chi connectivity index (χ0n) is 17.9. The van der Waals surface area contributed by atoms with Crippen LogP contribution < -0.4 is 10.2 Å². The molecule has 31 heavy (non-hydrogen) atoms. The first-order chi connectivity index (χ1) is 15.0. The summed E-state index contributed by atoms with van der Waals surface area (Å²) in [4.78, 5) is 22.6. The Morgan fingerprint density at radius 2 is 1.87 bits per heavy atom. The number of carbonyl (C=O) groups is 1. The van der Waals surface area contributed by atoms with Crippen molar-refractivity contribution in [2.75, 3.05) is 49.9 Å². The van der Waals surface area contributed by atoms with Crippen molar-refractivity contribution in [1.29, 1.82) is 0 Å². The number of nitrogens with one attached hydrogen (secondary N) is 1. The van der Waals surface area contributed by atoms with Gasteiger partial charge in [-0.2, -0.15) is 0 Å². The lowest BCUT2D eigenvalue weighted by Crippen LogP contribution is -2.48. The molecule has 1 N–H and O–H groups in total. The van der Waals surface area contributed by atoms with E-state index in [1.165, 1.54) is 39.7 Å². The number of halogens is 1. The second-order valence-electron chi connectivity index (χ2n) is 7.77. The highest BCUT2D eigenvalue weighted by Crippen LogP contribution is 2.32. The van der Waals surface area contributed by atoms with Crippen molar-refractivity contribution in [3.63, 3.8) is 0 Å². The number of benzene rings is 2. The fourth-order valence-corrected chi connectivity index (χ4v) is 5.40. The molecule has 0 saturated carbocycles. The molecule has 8 heteroatoms. The van der Waals surface area contributed by atoms with E-state index in [0.29, 0.717) is 12.3 Å². The van der Waals surface area contributed by atoms with E-state index in [1.54, 1.807) is 23.5 Å². The molecule has 3 aromatic rings. The summed E-state index contributed by atoms with van der Waals surface area (Å²) in [6.45, 7) is 9.60. The zero-order valence-corrected chi connectivity index (χ0v) is 19.5. The lowest BCUT2D eigenvalue weighted by molar-refractivity contribution is -0.118. The van der Waals surface area contributed by atoms with Crippen LogP contribution in [0.2, 0.25) is 0 Å². The van der Waals surface area contributed by atoms with Crippen molar-refractivity contribution in [1.82, 2.24) is 15.2 Å². The fourth-order valence-electron chi connectivity index (χ4n) is 3.60. The number of fused-ring (bicyclic) bond motifs is 1. The van der Waals surface area contributed by atoms with E-state index < -0.39 is 0 Å². The molecule has 1 amide bonds. The third-order valence-electron chi connectivity index (χ3n) is 5.65. The summed E-state index contributed by atoms with van der Waals surface area (Å²) in [5, 5.41) is 4.09. The third kappa shape index (κ3) is 5.56. The maximum atomic E-state index is 12.9. The second-order valence-corrected chi connectivity index (χ2v) is 9.83. The van der Waals surface area contributed by atoms with E-state index in [1.807, 2.05) is 0 Å². The summed E-state index contributed by atoms with van der Waals surface area (Å²) in [6.07, 6.45) is 0. The minimum absolute atomic E-state index is 0.00750. The highest BCUT2D eigenvalue weighted by Gasteiger charge is 2.20. The predicted octanol–water partition coefficient (Wildman–Crippen LogP) is 4.08. The van der Waals surface area contributed by atoms with E-state index in [0.717, 1.165) is 48.3 Å². The summed E-state index contributed by atoms with van der Waals surface area (Å²) < 4.78 is 14.2. The van der Waals surface area contributed by atoms with Crippen LogP contribution in [-0.2, 0) is 4.79 Å². The van der Waals surface area contributed by atoms with E-state index in [-0.39, 0.29) is 11.7 Å². The van der Waals surface area contributed by atoms with E-state index >= 15 is 0 Å². The second kappa shape index (κ2) is 9.97. The van der Waals surface area contributed by atoms with Crippen molar-refractivity contribution in [2.24, 2.45) is 0 Å². The number of aromatic nitrogens is 1. The number of thioether (sulfide) groups is 1. The number of hydrogen-bond donors (Lipinski definition) is 1. The van der Waals surface area contributed by atoms with Gasteiger partial charge in [-0.25, -0.2) is 9.37 Å². The first kappa shape index (κ1) is 22.0. The van der Waals surface area contributed by atoms with Gasteiger partial charge in [-0.05, 0) is 55.3 Å². The summed E-state index contributed by atoms with van der Waals surface area (Å²) in [5.74, 6) is 0.0889. The molecular formula is C23H27FN4OS2. The van der Waals surface area contributed by atoms with Crippen LogP contribution >= 0.6 is 23.1 Å². The molecule has 1 fully saturated rings. The van der Waals surface area contributed by atoms with Crippen molar-refractivity contribution in [2.45, 2.75) is 18.7 Å². The maximum Gasteiger partial charge on any atom is 0.230 e. The summed E-state index contributed by atoms with van der Waals surface area (Å²) >= 11 is 3.19. The molecule has 0 radical (unpaired) electrons. The molecule has 1 aliphatic heterocycles. The monoisotopic (exact) mass is 458 g/mol. The number of piperazine rings is 1. The van der Waals surface area contributed by atoms with Crippen LogP contribution in [0.5, 0.6) is 0 Å². The molecule has 1 aliphatic rings. The highest BCUT2D eigenvalue weighted by molar-refractivity contribution is 8.00. The summed E-state index contributed by atoms with van der Waals surface area (Å²) in [6, 6.07) is 10.6. The Labute approximate surface area is 190 Å². The summed E-state index contributed by atoms with van der Waals surface area (Å²) in [5.41, 5.74) is 3.68. The quantitative estimate of drug-likeness (QED) is 0.541. The highest BCUT2D eigenvalue weighted by atomic mass is 32.2. The van der Waals surface area contributed by atoms with Gasteiger partial charge in [0.25, 0.3) is 0 Å². The first-order valence-electron chi connectivity index (χ1n) is 10.5. The van der Waals surface area contributed by atoms with Crippen LogP contribution in [-0.4, -0.2) is 60.8 Å². The molecule has 0 aliphatic carbocycles. The minimum Gasteiger partial charge on any atom is -0.354 e. The number of carbonyl (C=O) groups excluding carboxylic acids is 1. The number of hydrogen-bond acceptors (Lipinski definition) is 6. The number of aryl methyl sites for hydroxylation is 2. The molecule has 5 nitrogen and oxygen atoms in total. The number of thiazole rings is 1. The lowest BCUT2D eigenvalue weighted by Gasteiger charge is -2.34. The number of anilines is 1. The average Bonchev–Trinajstić information content (AvgIpc) is 3.22. The van der Waals surface area contributed by atoms with Gasteiger partial charge in [0, 0.05) is 44.2 Å². The van der Waals surface area contributed by atoms with Crippen molar-refractivity contribution >= 4 is 44.4 Å². The Bertz CT molecular complexity index is 1050. The predicted molar refractivity (Wildman–Crippen MR) is 128 cm³/mol. The van der Waals surface area contributed by atoms with Gasteiger partial charge in [-0.3, -0.25) is 9.69 Å². The Morgan fingerprint density at radius 1 is 1.13 bits per heavy atom. The Kier molecular flexibility index (Phi) is 7.09. The van der Waals surface area contributed by atoms with E-state index in [9.17, 15) is 9.18 Å². The van der Waals surface area contributed by atoms with Gasteiger partial charge in [0.05, 0.1) is 16.0 Å². The molecule has 164 valence electrons. The molecule has 2 heterocycles. The standard InChI is InChI=1S/C23H27FN4OS2/c1-16-3-8-20-22(17(16)2)26-23(31-20)28-13-11-27(12-14-28)10-9-25-21(29)15-30-19-6-4-18(24)5-7-19/h3-8H,9-15H2,1-2H3,(H,25,29). The first-order valence-corrected chi connectivity index (χ1v) is 12.3.